The van der Waals surface area contributed by atoms with Crippen molar-refractivity contribution in [3.05, 3.63) is 89.6 Å². The van der Waals surface area contributed by atoms with Gasteiger partial charge in [0.1, 0.15) is 11.4 Å². The van der Waals surface area contributed by atoms with Crippen LogP contribution in [0.5, 0.6) is 5.75 Å². The minimum atomic E-state index is -0.381. The lowest BCUT2D eigenvalue weighted by molar-refractivity contribution is 0.0516. The zero-order valence-corrected chi connectivity index (χ0v) is 20.1. The predicted octanol–water partition coefficient (Wildman–Crippen LogP) is 6.52. The summed E-state index contributed by atoms with van der Waals surface area (Å²) in [5, 5.41) is 0.942. The molecule has 0 unspecified atom stereocenters. The van der Waals surface area contributed by atoms with E-state index in [-0.39, 0.29) is 18.4 Å². The Morgan fingerprint density at radius 2 is 1.77 bits per heavy atom. The van der Waals surface area contributed by atoms with E-state index in [4.69, 9.17) is 9.47 Å². The summed E-state index contributed by atoms with van der Waals surface area (Å²) in [6.07, 6.45) is 2.48. The first-order valence-corrected chi connectivity index (χ1v) is 12.2. The van der Waals surface area contributed by atoms with Gasteiger partial charge >= 0.3 is 5.97 Å². The van der Waals surface area contributed by atoms with Crippen LogP contribution in [0.4, 0.5) is 0 Å². The summed E-state index contributed by atoms with van der Waals surface area (Å²) in [7, 11) is 0. The number of rotatable bonds is 9. The van der Waals surface area contributed by atoms with Crippen molar-refractivity contribution in [2.75, 3.05) is 13.2 Å². The molecule has 4 aromatic rings. The fourth-order valence-electron chi connectivity index (χ4n) is 4.48. The third kappa shape index (κ3) is 4.85. The van der Waals surface area contributed by atoms with E-state index in [1.165, 1.54) is 12.8 Å². The summed E-state index contributed by atoms with van der Waals surface area (Å²) in [5.74, 6) is 1.12. The van der Waals surface area contributed by atoms with Gasteiger partial charge < -0.3 is 14.0 Å². The molecule has 1 saturated carbocycles. The highest BCUT2D eigenvalue weighted by molar-refractivity contribution is 6.09. The lowest BCUT2D eigenvalue weighted by atomic mass is 9.98. The normalized spacial score (nSPS) is 13.1. The van der Waals surface area contributed by atoms with Gasteiger partial charge in [-0.2, -0.15) is 0 Å². The van der Waals surface area contributed by atoms with E-state index in [1.54, 1.807) is 13.0 Å². The molecule has 35 heavy (non-hydrogen) atoms. The van der Waals surface area contributed by atoms with Crippen molar-refractivity contribution >= 4 is 22.7 Å². The maximum Gasteiger partial charge on any atom is 0.355 e. The Morgan fingerprint density at radius 3 is 2.54 bits per heavy atom. The molecule has 1 aromatic heterocycles. The topological polar surface area (TPSA) is 57.5 Å². The molecule has 0 atom stereocenters. The first-order valence-electron chi connectivity index (χ1n) is 12.2. The number of ketones is 1. The largest absolute Gasteiger partial charge is 0.493 e. The van der Waals surface area contributed by atoms with E-state index >= 15 is 0 Å². The molecule has 1 fully saturated rings. The summed E-state index contributed by atoms with van der Waals surface area (Å²) in [4.78, 5) is 25.4. The van der Waals surface area contributed by atoms with Crippen LogP contribution in [0.3, 0.4) is 0 Å². The standard InChI is InChI=1S/C30H29NO4/c1-3-34-30(33)29-28(24-10-7-9-23(17-24)20(2)32)26-12-4-5-13-27(26)31(29)18-22-8-6-11-25(16-22)35-19-21-14-15-21/h4-13,16-17,21H,3,14-15,18-19H2,1-2H3. The maximum absolute atomic E-state index is 13.4. The predicted molar refractivity (Wildman–Crippen MR) is 137 cm³/mol. The number of hydrogen-bond acceptors (Lipinski definition) is 4. The highest BCUT2D eigenvalue weighted by atomic mass is 16.5. The van der Waals surface area contributed by atoms with Gasteiger partial charge in [0.25, 0.3) is 0 Å². The first-order chi connectivity index (χ1) is 17.0. The van der Waals surface area contributed by atoms with Gasteiger partial charge in [0.15, 0.2) is 5.78 Å². The molecule has 5 nitrogen and oxygen atoms in total. The smallest absolute Gasteiger partial charge is 0.355 e. The molecule has 5 heteroatoms. The zero-order chi connectivity index (χ0) is 24.4. The number of fused-ring (bicyclic) bond motifs is 1. The second-order valence-corrected chi connectivity index (χ2v) is 9.09. The highest BCUT2D eigenvalue weighted by Gasteiger charge is 2.26. The van der Waals surface area contributed by atoms with E-state index in [2.05, 4.69) is 0 Å². The molecule has 0 aliphatic heterocycles. The van der Waals surface area contributed by atoms with E-state index < -0.39 is 0 Å². The third-order valence-corrected chi connectivity index (χ3v) is 6.42. The quantitative estimate of drug-likeness (QED) is 0.208. The fourth-order valence-corrected chi connectivity index (χ4v) is 4.48. The molecule has 1 aliphatic rings. The summed E-state index contributed by atoms with van der Waals surface area (Å²) in [6.45, 7) is 4.87. The van der Waals surface area contributed by atoms with Gasteiger partial charge in [0.2, 0.25) is 0 Å². The Morgan fingerprint density at radius 1 is 0.971 bits per heavy atom. The van der Waals surface area contributed by atoms with Gasteiger partial charge in [-0.1, -0.05) is 48.5 Å². The molecular weight excluding hydrogens is 438 g/mol. The van der Waals surface area contributed by atoms with Crippen LogP contribution in [0, 0.1) is 5.92 Å². The van der Waals surface area contributed by atoms with E-state index in [9.17, 15) is 9.59 Å². The number of esters is 1. The Hall–Kier alpha value is -3.86. The van der Waals surface area contributed by atoms with Crippen LogP contribution in [0.25, 0.3) is 22.0 Å². The second kappa shape index (κ2) is 9.79. The number of ether oxygens (including phenoxy) is 2. The van der Waals surface area contributed by atoms with Crippen LogP contribution in [0.15, 0.2) is 72.8 Å². The molecule has 0 radical (unpaired) electrons. The van der Waals surface area contributed by atoms with Crippen LogP contribution in [-0.4, -0.2) is 29.5 Å². The van der Waals surface area contributed by atoms with Crippen molar-refractivity contribution < 1.29 is 19.1 Å². The van der Waals surface area contributed by atoms with Gasteiger partial charge in [0.05, 0.1) is 13.2 Å². The van der Waals surface area contributed by atoms with E-state index in [1.807, 2.05) is 78.2 Å². The molecule has 1 heterocycles. The maximum atomic E-state index is 13.4. The third-order valence-electron chi connectivity index (χ3n) is 6.42. The van der Waals surface area contributed by atoms with E-state index in [0.717, 1.165) is 39.9 Å². The lowest BCUT2D eigenvalue weighted by Crippen LogP contribution is -2.14. The fraction of sp³-hybridized carbons (Fsp3) is 0.267. The van der Waals surface area contributed by atoms with Crippen LogP contribution < -0.4 is 4.74 Å². The molecule has 0 N–H and O–H groups in total. The van der Waals surface area contributed by atoms with Crippen molar-refractivity contribution in [1.29, 1.82) is 0 Å². The average Bonchev–Trinajstić information content (AvgIpc) is 3.65. The number of carbonyl (C=O) groups excluding carboxylic acids is 2. The van der Waals surface area contributed by atoms with Gasteiger partial charge in [-0.05, 0) is 68.0 Å². The monoisotopic (exact) mass is 467 g/mol. The number of para-hydroxylation sites is 1. The number of carbonyl (C=O) groups is 2. The van der Waals surface area contributed by atoms with Gasteiger partial charge in [0, 0.05) is 28.6 Å². The first kappa shape index (κ1) is 22.9. The van der Waals surface area contributed by atoms with Crippen LogP contribution in [0.1, 0.15) is 53.1 Å². The summed E-state index contributed by atoms with van der Waals surface area (Å²) >= 11 is 0. The minimum absolute atomic E-state index is 0.0173. The molecule has 1 aliphatic carbocycles. The second-order valence-electron chi connectivity index (χ2n) is 9.09. The Kier molecular flexibility index (Phi) is 6.41. The molecule has 0 spiro atoms. The Balaban J connectivity index is 1.64. The minimum Gasteiger partial charge on any atom is -0.493 e. The van der Waals surface area contributed by atoms with E-state index in [0.29, 0.717) is 23.7 Å². The number of hydrogen-bond donors (Lipinski definition) is 0. The molecular formula is C30H29NO4. The van der Waals surface area contributed by atoms with Crippen molar-refractivity contribution in [3.8, 4) is 16.9 Å². The Labute approximate surface area is 205 Å². The highest BCUT2D eigenvalue weighted by Crippen LogP contribution is 2.37. The average molecular weight is 468 g/mol. The number of aromatic nitrogens is 1. The zero-order valence-electron chi connectivity index (χ0n) is 20.1. The van der Waals surface area contributed by atoms with Crippen molar-refractivity contribution in [2.24, 2.45) is 5.92 Å². The van der Waals surface area contributed by atoms with Gasteiger partial charge in [-0.15, -0.1) is 0 Å². The summed E-state index contributed by atoms with van der Waals surface area (Å²) in [6, 6.07) is 23.5. The van der Waals surface area contributed by atoms with Gasteiger partial charge in [-0.3, -0.25) is 4.79 Å². The number of nitrogens with zero attached hydrogens (tertiary/aromatic N) is 1. The van der Waals surface area contributed by atoms with Crippen molar-refractivity contribution in [1.82, 2.24) is 4.57 Å². The molecule has 0 amide bonds. The van der Waals surface area contributed by atoms with Crippen molar-refractivity contribution in [2.45, 2.75) is 33.2 Å². The van der Waals surface area contributed by atoms with Crippen molar-refractivity contribution in [3.63, 3.8) is 0 Å². The lowest BCUT2D eigenvalue weighted by Gasteiger charge is -2.13. The summed E-state index contributed by atoms with van der Waals surface area (Å²) in [5.41, 5.74) is 4.66. The molecule has 178 valence electrons. The Bertz CT molecular complexity index is 1400. The SMILES string of the molecule is CCOC(=O)c1c(-c2cccc(C(C)=O)c2)c2ccccc2n1Cc1cccc(OCC2CC2)c1. The number of Topliss-reactive ketones (excluding diaryl/α,β-unsaturated/α-hetero) is 1. The molecule has 3 aromatic carbocycles. The van der Waals surface area contributed by atoms with Crippen LogP contribution in [0.2, 0.25) is 0 Å². The number of benzene rings is 3. The van der Waals surface area contributed by atoms with Crippen LogP contribution >= 0.6 is 0 Å². The molecule has 0 bridgehead atoms. The molecule has 5 rings (SSSR count). The molecule has 0 saturated heterocycles. The van der Waals surface area contributed by atoms with Gasteiger partial charge in [-0.25, -0.2) is 4.79 Å². The van der Waals surface area contributed by atoms with Crippen LogP contribution in [-0.2, 0) is 11.3 Å². The summed E-state index contributed by atoms with van der Waals surface area (Å²) < 4.78 is 13.5.